The average Bonchev–Trinajstić information content (AvgIpc) is 2.39. The van der Waals surface area contributed by atoms with Gasteiger partial charge in [-0.3, -0.25) is 0 Å². The van der Waals surface area contributed by atoms with Crippen LogP contribution in [0, 0.1) is 6.92 Å². The van der Waals surface area contributed by atoms with E-state index in [2.05, 4.69) is 15.3 Å². The molecule has 0 bridgehead atoms. The van der Waals surface area contributed by atoms with Crippen molar-refractivity contribution in [3.63, 3.8) is 0 Å². The van der Waals surface area contributed by atoms with Gasteiger partial charge >= 0.3 is 0 Å². The van der Waals surface area contributed by atoms with Gasteiger partial charge in [-0.2, -0.15) is 0 Å². The molecule has 0 unspecified atom stereocenters. The van der Waals surface area contributed by atoms with Crippen molar-refractivity contribution in [2.45, 2.75) is 20.4 Å². The maximum absolute atomic E-state index is 5.64. The van der Waals surface area contributed by atoms with Crippen LogP contribution in [0.3, 0.4) is 0 Å². The summed E-state index contributed by atoms with van der Waals surface area (Å²) in [5.41, 5.74) is 2.88. The minimum Gasteiger partial charge on any atom is -0.493 e. The highest BCUT2D eigenvalue weighted by molar-refractivity contribution is 5.64. The predicted molar refractivity (Wildman–Crippen MR) is 76.1 cm³/mol. The summed E-state index contributed by atoms with van der Waals surface area (Å²) in [4.78, 5) is 9.09. The Balaban J connectivity index is 2.46. The average molecular weight is 257 g/mol. The number of hydrogen-bond acceptors (Lipinski definition) is 4. The summed E-state index contributed by atoms with van der Waals surface area (Å²) >= 11 is 0. The van der Waals surface area contributed by atoms with E-state index < -0.39 is 0 Å². The van der Waals surface area contributed by atoms with Crippen LogP contribution < -0.4 is 10.1 Å². The number of hydrogen-bond donors (Lipinski definition) is 1. The Kier molecular flexibility index (Phi) is 4.47. The highest BCUT2D eigenvalue weighted by Crippen LogP contribution is 2.27. The SMILES string of the molecule is CCOc1ccccc1-c1nc(C)cc(CNC)n1. The number of aromatic nitrogens is 2. The summed E-state index contributed by atoms with van der Waals surface area (Å²) in [6, 6.07) is 9.86. The first kappa shape index (κ1) is 13.5. The van der Waals surface area contributed by atoms with Gasteiger partial charge in [0, 0.05) is 12.2 Å². The van der Waals surface area contributed by atoms with Crippen molar-refractivity contribution in [2.75, 3.05) is 13.7 Å². The van der Waals surface area contributed by atoms with Crippen LogP contribution in [-0.4, -0.2) is 23.6 Å². The van der Waals surface area contributed by atoms with Gasteiger partial charge in [0.25, 0.3) is 0 Å². The summed E-state index contributed by atoms with van der Waals surface area (Å²) in [5, 5.41) is 3.11. The lowest BCUT2D eigenvalue weighted by atomic mass is 10.1. The summed E-state index contributed by atoms with van der Waals surface area (Å²) in [5.74, 6) is 1.54. The molecular weight excluding hydrogens is 238 g/mol. The Morgan fingerprint density at radius 3 is 2.74 bits per heavy atom. The van der Waals surface area contributed by atoms with E-state index in [4.69, 9.17) is 4.74 Å². The maximum Gasteiger partial charge on any atom is 0.163 e. The number of rotatable bonds is 5. The highest BCUT2D eigenvalue weighted by Gasteiger charge is 2.10. The zero-order chi connectivity index (χ0) is 13.7. The maximum atomic E-state index is 5.64. The molecule has 0 aliphatic carbocycles. The molecular formula is C15H19N3O. The second-order valence-corrected chi connectivity index (χ2v) is 4.28. The second-order valence-electron chi connectivity index (χ2n) is 4.28. The number of ether oxygens (including phenoxy) is 1. The zero-order valence-corrected chi connectivity index (χ0v) is 11.6. The van der Waals surface area contributed by atoms with Crippen molar-refractivity contribution in [3.8, 4) is 17.1 Å². The van der Waals surface area contributed by atoms with E-state index >= 15 is 0 Å². The Bertz CT molecular complexity index is 555. The van der Waals surface area contributed by atoms with E-state index in [0.29, 0.717) is 12.4 Å². The first-order valence-corrected chi connectivity index (χ1v) is 6.46. The largest absolute Gasteiger partial charge is 0.493 e. The lowest BCUT2D eigenvalue weighted by Crippen LogP contribution is -2.09. The van der Waals surface area contributed by atoms with Gasteiger partial charge in [-0.05, 0) is 39.1 Å². The minimum absolute atomic E-state index is 0.631. The second kappa shape index (κ2) is 6.29. The third kappa shape index (κ3) is 3.29. The van der Waals surface area contributed by atoms with Gasteiger partial charge in [0.05, 0.1) is 17.9 Å². The fraction of sp³-hybridized carbons (Fsp3) is 0.333. The standard InChI is InChI=1S/C15H19N3O/c1-4-19-14-8-6-5-7-13(14)15-17-11(2)9-12(18-15)10-16-3/h5-9,16H,4,10H2,1-3H3. The van der Waals surface area contributed by atoms with E-state index in [-0.39, 0.29) is 0 Å². The van der Waals surface area contributed by atoms with Crippen molar-refractivity contribution in [2.24, 2.45) is 0 Å². The monoisotopic (exact) mass is 257 g/mol. The quantitative estimate of drug-likeness (QED) is 0.894. The van der Waals surface area contributed by atoms with Crippen LogP contribution in [0.15, 0.2) is 30.3 Å². The molecule has 0 fully saturated rings. The van der Waals surface area contributed by atoms with E-state index in [1.165, 1.54) is 0 Å². The lowest BCUT2D eigenvalue weighted by Gasteiger charge is -2.10. The van der Waals surface area contributed by atoms with E-state index in [1.54, 1.807) is 0 Å². The molecule has 0 amide bonds. The molecule has 1 N–H and O–H groups in total. The molecule has 19 heavy (non-hydrogen) atoms. The molecule has 4 heteroatoms. The van der Waals surface area contributed by atoms with E-state index in [1.807, 2.05) is 51.2 Å². The van der Waals surface area contributed by atoms with Crippen molar-refractivity contribution >= 4 is 0 Å². The van der Waals surface area contributed by atoms with Gasteiger partial charge in [-0.1, -0.05) is 12.1 Å². The molecule has 4 nitrogen and oxygen atoms in total. The molecule has 2 rings (SSSR count). The van der Waals surface area contributed by atoms with Gasteiger partial charge in [0.1, 0.15) is 5.75 Å². The van der Waals surface area contributed by atoms with Gasteiger partial charge in [-0.25, -0.2) is 9.97 Å². The molecule has 1 aromatic heterocycles. The molecule has 0 saturated heterocycles. The normalized spacial score (nSPS) is 10.5. The van der Waals surface area contributed by atoms with Crippen molar-refractivity contribution in [3.05, 3.63) is 41.7 Å². The summed E-state index contributed by atoms with van der Waals surface area (Å²) in [6.07, 6.45) is 0. The molecule has 2 aromatic rings. The lowest BCUT2D eigenvalue weighted by molar-refractivity contribution is 0.341. The van der Waals surface area contributed by atoms with Crippen LogP contribution >= 0.6 is 0 Å². The fourth-order valence-corrected chi connectivity index (χ4v) is 1.96. The van der Waals surface area contributed by atoms with Crippen LogP contribution in [0.4, 0.5) is 0 Å². The van der Waals surface area contributed by atoms with Gasteiger partial charge in [0.2, 0.25) is 0 Å². The van der Waals surface area contributed by atoms with Crippen LogP contribution in [0.5, 0.6) is 5.75 Å². The number of para-hydroxylation sites is 1. The highest BCUT2D eigenvalue weighted by atomic mass is 16.5. The van der Waals surface area contributed by atoms with Gasteiger partial charge in [0.15, 0.2) is 5.82 Å². The van der Waals surface area contributed by atoms with Gasteiger partial charge in [-0.15, -0.1) is 0 Å². The Hall–Kier alpha value is -1.94. The number of nitrogens with one attached hydrogen (secondary N) is 1. The van der Waals surface area contributed by atoms with E-state index in [0.717, 1.165) is 29.2 Å². The Morgan fingerprint density at radius 2 is 2.00 bits per heavy atom. The minimum atomic E-state index is 0.631. The third-order valence-electron chi connectivity index (χ3n) is 2.69. The van der Waals surface area contributed by atoms with Crippen LogP contribution in [0.25, 0.3) is 11.4 Å². The van der Waals surface area contributed by atoms with Gasteiger partial charge < -0.3 is 10.1 Å². The molecule has 100 valence electrons. The van der Waals surface area contributed by atoms with Crippen LogP contribution in [-0.2, 0) is 6.54 Å². The molecule has 0 saturated carbocycles. The molecule has 0 aliphatic rings. The van der Waals surface area contributed by atoms with Crippen molar-refractivity contribution in [1.82, 2.24) is 15.3 Å². The Labute approximate surface area is 113 Å². The fourth-order valence-electron chi connectivity index (χ4n) is 1.96. The first-order valence-electron chi connectivity index (χ1n) is 6.46. The number of nitrogens with zero attached hydrogens (tertiary/aromatic N) is 2. The van der Waals surface area contributed by atoms with Crippen LogP contribution in [0.1, 0.15) is 18.3 Å². The molecule has 0 spiro atoms. The molecule has 0 aliphatic heterocycles. The first-order chi connectivity index (χ1) is 9.24. The predicted octanol–water partition coefficient (Wildman–Crippen LogP) is 2.57. The summed E-state index contributed by atoms with van der Waals surface area (Å²) in [7, 11) is 1.91. The third-order valence-corrected chi connectivity index (χ3v) is 2.69. The topological polar surface area (TPSA) is 47.0 Å². The molecule has 0 radical (unpaired) electrons. The number of benzene rings is 1. The van der Waals surface area contributed by atoms with Crippen molar-refractivity contribution < 1.29 is 4.74 Å². The molecule has 1 aromatic carbocycles. The van der Waals surface area contributed by atoms with Crippen LogP contribution in [0.2, 0.25) is 0 Å². The van der Waals surface area contributed by atoms with E-state index in [9.17, 15) is 0 Å². The zero-order valence-electron chi connectivity index (χ0n) is 11.6. The summed E-state index contributed by atoms with van der Waals surface area (Å²) < 4.78 is 5.64. The smallest absolute Gasteiger partial charge is 0.163 e. The number of aryl methyl sites for hydroxylation is 1. The Morgan fingerprint density at radius 1 is 1.21 bits per heavy atom. The molecule has 0 atom stereocenters. The van der Waals surface area contributed by atoms with Crippen molar-refractivity contribution in [1.29, 1.82) is 0 Å². The molecule has 1 heterocycles. The summed E-state index contributed by atoms with van der Waals surface area (Å²) in [6.45, 7) is 5.31.